The Morgan fingerprint density at radius 2 is 1.95 bits per heavy atom. The van der Waals surface area contributed by atoms with Gasteiger partial charge in [0, 0.05) is 0 Å². The Balaban J connectivity index is 2.40. The molecule has 1 aromatic heterocycles. The van der Waals surface area contributed by atoms with Crippen LogP contribution in [0.3, 0.4) is 0 Å². The highest BCUT2D eigenvalue weighted by atomic mass is 127. The zero-order chi connectivity index (χ0) is 14.0. The van der Waals surface area contributed by atoms with E-state index in [-0.39, 0.29) is 0 Å². The van der Waals surface area contributed by atoms with E-state index < -0.39 is 0 Å². The maximum absolute atomic E-state index is 6.24. The third kappa shape index (κ3) is 3.09. The molecule has 2 rings (SSSR count). The van der Waals surface area contributed by atoms with Crippen molar-refractivity contribution in [2.24, 2.45) is 0 Å². The number of benzene rings is 1. The van der Waals surface area contributed by atoms with Gasteiger partial charge < -0.3 is 0 Å². The Morgan fingerprint density at radius 3 is 2.58 bits per heavy atom. The molecule has 0 saturated heterocycles. The second-order valence-corrected chi connectivity index (χ2v) is 6.15. The van der Waals surface area contributed by atoms with Crippen molar-refractivity contribution in [3.8, 4) is 0 Å². The van der Waals surface area contributed by atoms with E-state index in [1.54, 1.807) is 6.07 Å². The fourth-order valence-corrected chi connectivity index (χ4v) is 3.59. The lowest BCUT2D eigenvalue weighted by atomic mass is 10.2. The topological polar surface area (TPSA) is 17.8 Å². The van der Waals surface area contributed by atoms with E-state index in [0.29, 0.717) is 16.6 Å². The van der Waals surface area contributed by atoms with Gasteiger partial charge in [-0.25, -0.2) is 0 Å². The molecule has 0 unspecified atom stereocenters. The first kappa shape index (κ1) is 15.1. The first-order valence-corrected chi connectivity index (χ1v) is 8.08. The average Bonchev–Trinajstić information content (AvgIpc) is 2.70. The van der Waals surface area contributed by atoms with Crippen LogP contribution < -0.4 is 0 Å². The number of aryl methyl sites for hydroxylation is 1. The number of hydrogen-bond acceptors (Lipinski definition) is 1. The molecule has 1 heterocycles. The van der Waals surface area contributed by atoms with Crippen LogP contribution in [0.5, 0.6) is 0 Å². The maximum atomic E-state index is 6.24. The molecular weight excluding hydrogens is 394 g/mol. The summed E-state index contributed by atoms with van der Waals surface area (Å²) in [7, 11) is 0. The number of hydrogen-bond donors (Lipinski definition) is 0. The third-order valence-electron chi connectivity index (χ3n) is 3.08. The highest BCUT2D eigenvalue weighted by Crippen LogP contribution is 2.27. The first-order chi connectivity index (χ1) is 9.08. The van der Waals surface area contributed by atoms with Crippen LogP contribution in [0.15, 0.2) is 18.2 Å². The van der Waals surface area contributed by atoms with Crippen LogP contribution in [0.1, 0.15) is 30.8 Å². The molecule has 5 heteroatoms. The summed E-state index contributed by atoms with van der Waals surface area (Å²) in [6.07, 6.45) is 1.91. The average molecular weight is 409 g/mol. The minimum Gasteiger partial charge on any atom is -0.264 e. The van der Waals surface area contributed by atoms with Crippen molar-refractivity contribution in [1.29, 1.82) is 0 Å². The molecule has 0 aliphatic carbocycles. The summed E-state index contributed by atoms with van der Waals surface area (Å²) in [5.41, 5.74) is 3.41. The Hall–Kier alpha value is -0.260. The number of rotatable bonds is 4. The number of nitrogens with zero attached hydrogens (tertiary/aromatic N) is 2. The zero-order valence-electron chi connectivity index (χ0n) is 10.9. The van der Waals surface area contributed by atoms with Gasteiger partial charge in [0.05, 0.1) is 31.5 Å². The number of aromatic nitrogens is 2. The van der Waals surface area contributed by atoms with Crippen molar-refractivity contribution in [3.63, 3.8) is 0 Å². The Kier molecular flexibility index (Phi) is 5.15. The van der Waals surface area contributed by atoms with Crippen molar-refractivity contribution in [2.75, 3.05) is 0 Å². The fraction of sp³-hybridized carbons (Fsp3) is 0.357. The normalized spacial score (nSPS) is 11.0. The van der Waals surface area contributed by atoms with Gasteiger partial charge in [0.2, 0.25) is 0 Å². The quantitative estimate of drug-likeness (QED) is 0.653. The molecule has 0 saturated carbocycles. The third-order valence-corrected chi connectivity index (χ3v) is 5.18. The van der Waals surface area contributed by atoms with E-state index in [9.17, 15) is 0 Å². The van der Waals surface area contributed by atoms with Crippen LogP contribution in [0.2, 0.25) is 10.0 Å². The highest BCUT2D eigenvalue weighted by molar-refractivity contribution is 14.1. The molecule has 2 aromatic rings. The van der Waals surface area contributed by atoms with Crippen LogP contribution in [0, 0.1) is 3.57 Å². The van der Waals surface area contributed by atoms with Gasteiger partial charge in [0.25, 0.3) is 0 Å². The summed E-state index contributed by atoms with van der Waals surface area (Å²) in [5.74, 6) is 0. The van der Waals surface area contributed by atoms with Crippen LogP contribution in [-0.4, -0.2) is 9.78 Å². The molecule has 0 fully saturated rings. The molecular formula is C14H15Cl2IN2. The zero-order valence-corrected chi connectivity index (χ0v) is 14.6. The standard InChI is InChI=1S/C14H15Cl2IN2/c1-3-11-14(17)12(4-2)19(18-11)8-9-6-5-7-10(15)13(9)16/h5-7H,3-4,8H2,1-2H3. The Labute approximate surface area is 137 Å². The highest BCUT2D eigenvalue weighted by Gasteiger charge is 2.14. The lowest BCUT2D eigenvalue weighted by Gasteiger charge is -2.09. The molecule has 2 nitrogen and oxygen atoms in total. The van der Waals surface area contributed by atoms with Crippen molar-refractivity contribution < 1.29 is 0 Å². The molecule has 0 amide bonds. The molecule has 102 valence electrons. The molecule has 0 N–H and O–H groups in total. The van der Waals surface area contributed by atoms with E-state index in [1.807, 2.05) is 16.8 Å². The van der Waals surface area contributed by atoms with Gasteiger partial charge in [0.1, 0.15) is 0 Å². The Morgan fingerprint density at radius 1 is 1.21 bits per heavy atom. The van der Waals surface area contributed by atoms with Crippen molar-refractivity contribution >= 4 is 45.8 Å². The molecule has 0 aliphatic rings. The molecule has 19 heavy (non-hydrogen) atoms. The van der Waals surface area contributed by atoms with Gasteiger partial charge >= 0.3 is 0 Å². The van der Waals surface area contributed by atoms with E-state index in [2.05, 4.69) is 41.5 Å². The van der Waals surface area contributed by atoms with Crippen LogP contribution in [-0.2, 0) is 19.4 Å². The molecule has 0 radical (unpaired) electrons. The van der Waals surface area contributed by atoms with Crippen molar-refractivity contribution in [1.82, 2.24) is 9.78 Å². The molecule has 0 spiro atoms. The first-order valence-electron chi connectivity index (χ1n) is 6.25. The Bertz CT molecular complexity index is 593. The summed E-state index contributed by atoms with van der Waals surface area (Å²) in [6.45, 7) is 4.94. The summed E-state index contributed by atoms with van der Waals surface area (Å²) in [6, 6.07) is 5.72. The lowest BCUT2D eigenvalue weighted by Crippen LogP contribution is -2.07. The SMILES string of the molecule is CCc1nn(Cc2cccc(Cl)c2Cl)c(CC)c1I. The van der Waals surface area contributed by atoms with E-state index in [0.717, 1.165) is 24.1 Å². The van der Waals surface area contributed by atoms with Gasteiger partial charge in [-0.2, -0.15) is 5.10 Å². The minimum absolute atomic E-state index is 0.592. The minimum atomic E-state index is 0.592. The largest absolute Gasteiger partial charge is 0.264 e. The second-order valence-electron chi connectivity index (χ2n) is 4.29. The number of halogens is 3. The van der Waals surface area contributed by atoms with E-state index in [4.69, 9.17) is 23.2 Å². The maximum Gasteiger partial charge on any atom is 0.0758 e. The van der Waals surface area contributed by atoms with Crippen LogP contribution in [0.4, 0.5) is 0 Å². The molecule has 0 aliphatic heterocycles. The van der Waals surface area contributed by atoms with Crippen molar-refractivity contribution in [3.05, 3.63) is 48.8 Å². The summed E-state index contributed by atoms with van der Waals surface area (Å²) in [5, 5.41) is 5.89. The predicted octanol–water partition coefficient (Wildman–Crippen LogP) is 4.97. The van der Waals surface area contributed by atoms with E-state index in [1.165, 1.54) is 9.26 Å². The van der Waals surface area contributed by atoms with Gasteiger partial charge in [0.15, 0.2) is 0 Å². The van der Waals surface area contributed by atoms with Crippen molar-refractivity contribution in [2.45, 2.75) is 33.2 Å². The molecule has 1 aromatic carbocycles. The van der Waals surface area contributed by atoms with Gasteiger partial charge in [-0.05, 0) is 47.1 Å². The predicted molar refractivity (Wildman–Crippen MR) is 89.3 cm³/mol. The lowest BCUT2D eigenvalue weighted by molar-refractivity contribution is 0.640. The summed E-state index contributed by atoms with van der Waals surface area (Å²) in [4.78, 5) is 0. The summed E-state index contributed by atoms with van der Waals surface area (Å²) >= 11 is 14.7. The van der Waals surface area contributed by atoms with Gasteiger partial charge in [-0.1, -0.05) is 49.2 Å². The van der Waals surface area contributed by atoms with Crippen LogP contribution in [0.25, 0.3) is 0 Å². The fourth-order valence-electron chi connectivity index (χ4n) is 2.06. The van der Waals surface area contributed by atoms with Crippen LogP contribution >= 0.6 is 45.8 Å². The van der Waals surface area contributed by atoms with E-state index >= 15 is 0 Å². The van der Waals surface area contributed by atoms with Gasteiger partial charge in [-0.15, -0.1) is 0 Å². The second kappa shape index (κ2) is 6.46. The smallest absolute Gasteiger partial charge is 0.0758 e. The summed E-state index contributed by atoms with van der Waals surface area (Å²) < 4.78 is 3.30. The molecule has 0 atom stereocenters. The molecule has 0 bridgehead atoms. The van der Waals surface area contributed by atoms with Gasteiger partial charge in [-0.3, -0.25) is 4.68 Å². The monoisotopic (exact) mass is 408 g/mol.